The maximum Gasteiger partial charge on any atom is 0.311 e. The van der Waals surface area contributed by atoms with Crippen LogP contribution >= 0.6 is 11.3 Å². The van der Waals surface area contributed by atoms with Gasteiger partial charge in [-0.25, -0.2) is 4.98 Å². The van der Waals surface area contributed by atoms with Gasteiger partial charge in [0.25, 0.3) is 5.91 Å². The number of hydrogen-bond acceptors (Lipinski definition) is 10. The molecule has 1 aromatic carbocycles. The molecule has 14 heteroatoms. The highest BCUT2D eigenvalue weighted by molar-refractivity contribution is 7.09. The Morgan fingerprint density at radius 3 is 2.50 bits per heavy atom. The van der Waals surface area contributed by atoms with E-state index in [1.165, 1.54) is 11.3 Å². The summed E-state index contributed by atoms with van der Waals surface area (Å²) in [5, 5.41) is 22.2. The van der Waals surface area contributed by atoms with Crippen molar-refractivity contribution >= 4 is 35.0 Å². The van der Waals surface area contributed by atoms with Crippen molar-refractivity contribution in [3.8, 4) is 5.75 Å². The number of likely N-dealkylation sites (N-methyl/N-ethyl adjacent to an activating group) is 2. The summed E-state index contributed by atoms with van der Waals surface area (Å²) in [5.41, 5.74) is 1.29. The van der Waals surface area contributed by atoms with Crippen molar-refractivity contribution in [1.82, 2.24) is 30.7 Å². The second-order valence-electron chi connectivity index (χ2n) is 17.1. The minimum Gasteiger partial charge on any atom is -0.492 e. The van der Waals surface area contributed by atoms with Crippen LogP contribution in [0.5, 0.6) is 5.75 Å². The molecule has 1 aliphatic heterocycles. The van der Waals surface area contributed by atoms with Gasteiger partial charge in [-0.15, -0.1) is 11.3 Å². The fourth-order valence-electron chi connectivity index (χ4n) is 8.86. The lowest BCUT2D eigenvalue weighted by atomic mass is 9.80. The normalized spacial score (nSPS) is 23.5. The second-order valence-corrected chi connectivity index (χ2v) is 18.0. The van der Waals surface area contributed by atoms with Crippen LogP contribution in [0.3, 0.4) is 0 Å². The van der Waals surface area contributed by atoms with Crippen LogP contribution in [-0.4, -0.2) is 114 Å². The number of rotatable bonds is 22. The summed E-state index contributed by atoms with van der Waals surface area (Å²) in [6.07, 6.45) is 6.10. The third kappa shape index (κ3) is 10.6. The lowest BCUT2D eigenvalue weighted by Crippen LogP contribution is -2.58. The van der Waals surface area contributed by atoms with E-state index < -0.39 is 29.6 Å². The van der Waals surface area contributed by atoms with Gasteiger partial charge >= 0.3 is 5.97 Å². The molecule has 2 aromatic rings. The van der Waals surface area contributed by atoms with Gasteiger partial charge < -0.3 is 35.4 Å². The number of thiazole rings is 1. The highest BCUT2D eigenvalue weighted by atomic mass is 32.1. The average molecular weight is 825 g/mol. The summed E-state index contributed by atoms with van der Waals surface area (Å²) in [6.45, 7) is 15.5. The van der Waals surface area contributed by atoms with E-state index in [1.54, 1.807) is 5.38 Å². The van der Waals surface area contributed by atoms with Crippen molar-refractivity contribution in [2.75, 3.05) is 46.9 Å². The Kier molecular flexibility index (Phi) is 16.2. The van der Waals surface area contributed by atoms with Gasteiger partial charge in [0.05, 0.1) is 12.0 Å². The molecule has 5 rings (SSSR count). The van der Waals surface area contributed by atoms with Crippen LogP contribution in [0.2, 0.25) is 0 Å². The number of nitrogens with zero attached hydrogens (tertiary/aromatic N) is 3. The molecule has 13 nitrogen and oxygen atoms in total. The van der Waals surface area contributed by atoms with E-state index in [0.29, 0.717) is 49.9 Å². The number of carbonyl (C=O) groups is 4. The number of likely N-dealkylation sites (tertiary alicyclic amines) is 1. The van der Waals surface area contributed by atoms with E-state index in [4.69, 9.17) is 14.5 Å². The number of ether oxygens (including phenoxy) is 2. The first-order chi connectivity index (χ1) is 27.8. The lowest BCUT2D eigenvalue weighted by Gasteiger charge is -2.40. The Morgan fingerprint density at radius 2 is 1.84 bits per heavy atom. The second kappa shape index (κ2) is 20.6. The number of aliphatic carboxylic acids is 1. The molecule has 8 atom stereocenters. The summed E-state index contributed by atoms with van der Waals surface area (Å²) in [6, 6.07) is 4.56. The molecule has 58 heavy (non-hydrogen) atoms. The van der Waals surface area contributed by atoms with Crippen molar-refractivity contribution in [3.63, 3.8) is 0 Å². The first kappa shape index (κ1) is 45.5. The zero-order valence-corrected chi connectivity index (χ0v) is 36.8. The fraction of sp³-hybridized carbons (Fsp3) is 0.705. The summed E-state index contributed by atoms with van der Waals surface area (Å²) < 4.78 is 12.3. The zero-order valence-electron chi connectivity index (χ0n) is 36.0. The van der Waals surface area contributed by atoms with Gasteiger partial charge in [-0.1, -0.05) is 60.5 Å². The zero-order chi connectivity index (χ0) is 42.1. The number of aromatic nitrogens is 1. The number of nitrogens with one attached hydrogen (secondary N) is 3. The molecule has 0 radical (unpaired) electrons. The summed E-state index contributed by atoms with van der Waals surface area (Å²) in [7, 11) is 3.83. The molecular formula is C44H68N6O7S. The van der Waals surface area contributed by atoms with E-state index in [9.17, 15) is 24.3 Å². The molecule has 2 heterocycles. The van der Waals surface area contributed by atoms with Crippen LogP contribution in [0.25, 0.3) is 0 Å². The standard InChI is InChI=1S/C44H68N6O7S/c1-9-18-50(42(53)38(28(6)11-3)47-40(52)35-14-12-13-19-49(35)8)36(27(4)5)23-37(57-20-10-2)41-46-34(26-58-41)39(51)48-44-24-32(43(54)55)31-22-29(56-21-17-45-7)15-16-30(31)33(44)25-44/h15-16,22,26-28,32-33,35-38,45H,9-14,17-21,23-25H2,1-8H3,(H,47,52)(H,48,51)(H,54,55)/t28-,32+,33?,35+,36+,37+,38-,44?/m0/s1. The van der Waals surface area contributed by atoms with Gasteiger partial charge in [-0.3, -0.25) is 24.1 Å². The van der Waals surface area contributed by atoms with Crippen molar-refractivity contribution in [1.29, 1.82) is 0 Å². The molecule has 2 fully saturated rings. The van der Waals surface area contributed by atoms with Crippen LogP contribution in [0, 0.1) is 11.8 Å². The van der Waals surface area contributed by atoms with Gasteiger partial charge in [-0.2, -0.15) is 0 Å². The van der Waals surface area contributed by atoms with Gasteiger partial charge in [0, 0.05) is 49.0 Å². The first-order valence-corrected chi connectivity index (χ1v) is 22.5. The highest BCUT2D eigenvalue weighted by Gasteiger charge is 2.61. The molecule has 3 amide bonds. The van der Waals surface area contributed by atoms with Crippen LogP contribution in [-0.2, 0) is 19.1 Å². The predicted octanol–water partition coefficient (Wildman–Crippen LogP) is 6.11. The number of piperidine rings is 1. The quantitative estimate of drug-likeness (QED) is 0.102. The molecule has 3 aliphatic rings. The Morgan fingerprint density at radius 1 is 1.07 bits per heavy atom. The van der Waals surface area contributed by atoms with Crippen LogP contribution in [0.1, 0.15) is 144 Å². The van der Waals surface area contributed by atoms with E-state index in [-0.39, 0.29) is 59.7 Å². The van der Waals surface area contributed by atoms with Gasteiger partial charge in [0.1, 0.15) is 35.2 Å². The SMILES string of the molecule is CCCO[C@H](C[C@H](C(C)C)N(CCC)C(=O)[C@@H](NC(=O)[C@H]1CCCCN1C)[C@@H](C)CC)c1nc(C(=O)NC23CC2c2ccc(OCCNC)cc2[C@H](C(=O)O)C3)cs1. The summed E-state index contributed by atoms with van der Waals surface area (Å²) in [5.74, 6) is -1.53. The number of hydrogen-bond donors (Lipinski definition) is 4. The van der Waals surface area contributed by atoms with Crippen molar-refractivity contribution < 1.29 is 33.8 Å². The molecule has 1 aromatic heterocycles. The molecule has 4 N–H and O–H groups in total. The molecule has 0 bridgehead atoms. The maximum absolute atomic E-state index is 14.7. The average Bonchev–Trinajstić information content (AvgIpc) is 3.70. The molecule has 1 saturated heterocycles. The third-order valence-corrected chi connectivity index (χ3v) is 13.4. The number of carboxylic acids is 1. The number of fused-ring (bicyclic) bond motifs is 3. The van der Waals surface area contributed by atoms with Crippen molar-refractivity contribution in [2.24, 2.45) is 11.8 Å². The molecular weight excluding hydrogens is 757 g/mol. The highest BCUT2D eigenvalue weighted by Crippen LogP contribution is 2.61. The number of carboxylic acid groups (broad SMARTS) is 1. The maximum atomic E-state index is 14.7. The summed E-state index contributed by atoms with van der Waals surface area (Å²) >= 11 is 1.37. The van der Waals surface area contributed by atoms with E-state index in [1.807, 2.05) is 51.0 Å². The number of amides is 3. The molecule has 2 aliphatic carbocycles. The number of carbonyl (C=O) groups excluding carboxylic acids is 3. The van der Waals surface area contributed by atoms with Gasteiger partial charge in [-0.05, 0) is 94.3 Å². The van der Waals surface area contributed by atoms with E-state index in [2.05, 4.69) is 48.5 Å². The van der Waals surface area contributed by atoms with Crippen molar-refractivity contribution in [3.05, 3.63) is 45.4 Å². The Balaban J connectivity index is 1.33. The van der Waals surface area contributed by atoms with Crippen LogP contribution < -0.4 is 20.7 Å². The Labute approximate surface area is 349 Å². The first-order valence-electron chi connectivity index (χ1n) is 21.6. The van der Waals surface area contributed by atoms with E-state index in [0.717, 1.165) is 56.2 Å². The third-order valence-electron chi connectivity index (χ3n) is 12.5. The van der Waals surface area contributed by atoms with E-state index >= 15 is 0 Å². The Bertz CT molecular complexity index is 1720. The molecule has 0 spiro atoms. The minimum atomic E-state index is -0.926. The van der Waals surface area contributed by atoms with Gasteiger partial charge in [0.15, 0.2) is 0 Å². The van der Waals surface area contributed by atoms with Crippen LogP contribution in [0.4, 0.5) is 0 Å². The molecule has 322 valence electrons. The Hall–Kier alpha value is -3.59. The predicted molar refractivity (Wildman–Crippen MR) is 226 cm³/mol. The smallest absolute Gasteiger partial charge is 0.311 e. The largest absolute Gasteiger partial charge is 0.492 e. The summed E-state index contributed by atoms with van der Waals surface area (Å²) in [4.78, 5) is 63.7. The monoisotopic (exact) mass is 824 g/mol. The van der Waals surface area contributed by atoms with Crippen LogP contribution in [0.15, 0.2) is 23.6 Å². The van der Waals surface area contributed by atoms with Crippen molar-refractivity contribution in [2.45, 2.75) is 141 Å². The fourth-order valence-corrected chi connectivity index (χ4v) is 9.72. The molecule has 2 unspecified atom stereocenters. The van der Waals surface area contributed by atoms with Gasteiger partial charge in [0.2, 0.25) is 11.8 Å². The number of benzene rings is 1. The lowest BCUT2D eigenvalue weighted by molar-refractivity contribution is -0.143. The topological polar surface area (TPSA) is 162 Å². The molecule has 1 saturated carbocycles. The minimum absolute atomic E-state index is 0.00801.